The largest absolute Gasteiger partial charge is 0.349 e. The highest BCUT2D eigenvalue weighted by atomic mass is 16.2. The Morgan fingerprint density at radius 3 is 2.68 bits per heavy atom. The van der Waals surface area contributed by atoms with Crippen LogP contribution in [0.1, 0.15) is 55.5 Å². The number of hydrogen-bond donors (Lipinski definition) is 1. The van der Waals surface area contributed by atoms with E-state index in [1.54, 1.807) is 14.0 Å². The summed E-state index contributed by atoms with van der Waals surface area (Å²) >= 11 is 0. The number of aryl methyl sites for hydroxylation is 2. The molecule has 1 aromatic rings. The molecule has 5 nitrogen and oxygen atoms in total. The van der Waals surface area contributed by atoms with Crippen LogP contribution in [-0.2, 0) is 7.05 Å². The fourth-order valence-corrected chi connectivity index (χ4v) is 2.91. The molecule has 2 rings (SSSR count). The molecule has 1 atom stereocenters. The van der Waals surface area contributed by atoms with Crippen LogP contribution in [0.3, 0.4) is 0 Å². The third kappa shape index (κ3) is 3.55. The fourth-order valence-electron chi connectivity index (χ4n) is 2.91. The molecule has 1 saturated carbocycles. The summed E-state index contributed by atoms with van der Waals surface area (Å²) in [7, 11) is 1.75. The van der Waals surface area contributed by atoms with Gasteiger partial charge in [0.25, 0.3) is 5.91 Å². The summed E-state index contributed by atoms with van der Waals surface area (Å²) in [6, 6.07) is 0. The highest BCUT2D eigenvalue weighted by molar-refractivity contribution is 5.90. The number of carbonyl (C=O) groups excluding carboxylic acids is 1. The van der Waals surface area contributed by atoms with E-state index in [9.17, 15) is 4.79 Å². The Bertz CT molecular complexity index is 435. The van der Waals surface area contributed by atoms with Gasteiger partial charge in [-0.25, -0.2) is 9.67 Å². The van der Waals surface area contributed by atoms with Crippen LogP contribution in [0.5, 0.6) is 0 Å². The van der Waals surface area contributed by atoms with Crippen molar-refractivity contribution >= 4 is 5.91 Å². The molecule has 1 N–H and O–H groups in total. The number of rotatable bonds is 4. The normalized spacial score (nSPS) is 18.3. The first kappa shape index (κ1) is 14.0. The summed E-state index contributed by atoms with van der Waals surface area (Å²) in [6.07, 6.45) is 6.66. The van der Waals surface area contributed by atoms with E-state index in [2.05, 4.69) is 22.3 Å². The SMILES string of the molecule is Cc1nc(C(=O)NC[C@H](C)C2CCCCC2)n(C)n1. The van der Waals surface area contributed by atoms with Crippen molar-refractivity contribution in [2.75, 3.05) is 6.54 Å². The predicted molar refractivity (Wildman–Crippen MR) is 73.8 cm³/mol. The quantitative estimate of drug-likeness (QED) is 0.905. The second-order valence-electron chi connectivity index (χ2n) is 5.69. The summed E-state index contributed by atoms with van der Waals surface area (Å²) in [5.41, 5.74) is 0. The molecule has 0 bridgehead atoms. The Labute approximate surface area is 114 Å². The minimum atomic E-state index is -0.120. The number of hydrogen-bond acceptors (Lipinski definition) is 3. The van der Waals surface area contributed by atoms with E-state index < -0.39 is 0 Å². The molecular formula is C14H24N4O. The zero-order valence-corrected chi connectivity index (χ0v) is 12.1. The molecule has 1 aliphatic carbocycles. The van der Waals surface area contributed by atoms with Gasteiger partial charge >= 0.3 is 0 Å². The number of carbonyl (C=O) groups is 1. The first-order valence-electron chi connectivity index (χ1n) is 7.23. The average Bonchev–Trinajstić information content (AvgIpc) is 2.75. The Kier molecular flexibility index (Phi) is 4.56. The van der Waals surface area contributed by atoms with E-state index in [0.717, 1.165) is 12.5 Å². The lowest BCUT2D eigenvalue weighted by Crippen LogP contribution is -2.33. The van der Waals surface area contributed by atoms with Crippen LogP contribution in [0, 0.1) is 18.8 Å². The van der Waals surface area contributed by atoms with Gasteiger partial charge in [0.1, 0.15) is 5.82 Å². The van der Waals surface area contributed by atoms with Gasteiger partial charge < -0.3 is 5.32 Å². The van der Waals surface area contributed by atoms with Gasteiger partial charge in [-0.05, 0) is 18.8 Å². The summed E-state index contributed by atoms with van der Waals surface area (Å²) in [6.45, 7) is 4.76. The van der Waals surface area contributed by atoms with Crippen molar-refractivity contribution in [2.45, 2.75) is 46.0 Å². The van der Waals surface area contributed by atoms with Crippen molar-refractivity contribution in [3.05, 3.63) is 11.6 Å². The molecular weight excluding hydrogens is 240 g/mol. The lowest BCUT2D eigenvalue weighted by Gasteiger charge is -2.27. The number of nitrogens with zero attached hydrogens (tertiary/aromatic N) is 3. The third-order valence-corrected chi connectivity index (χ3v) is 4.11. The van der Waals surface area contributed by atoms with Gasteiger partial charge in [0.15, 0.2) is 0 Å². The first-order valence-corrected chi connectivity index (χ1v) is 7.23. The number of nitrogens with one attached hydrogen (secondary N) is 1. The van der Waals surface area contributed by atoms with E-state index in [1.807, 2.05) is 0 Å². The minimum absolute atomic E-state index is 0.120. The average molecular weight is 264 g/mol. The van der Waals surface area contributed by atoms with Crippen LogP contribution in [0.4, 0.5) is 0 Å². The lowest BCUT2D eigenvalue weighted by atomic mass is 9.81. The Morgan fingerprint density at radius 2 is 2.11 bits per heavy atom. The molecule has 0 aromatic carbocycles. The van der Waals surface area contributed by atoms with E-state index in [0.29, 0.717) is 17.6 Å². The molecule has 0 radical (unpaired) electrons. The van der Waals surface area contributed by atoms with Crippen LogP contribution < -0.4 is 5.32 Å². The van der Waals surface area contributed by atoms with Gasteiger partial charge in [-0.1, -0.05) is 39.0 Å². The Morgan fingerprint density at radius 1 is 1.42 bits per heavy atom. The molecule has 0 unspecified atom stereocenters. The Balaban J connectivity index is 1.84. The van der Waals surface area contributed by atoms with E-state index in [1.165, 1.54) is 36.8 Å². The summed E-state index contributed by atoms with van der Waals surface area (Å²) in [4.78, 5) is 16.2. The zero-order chi connectivity index (χ0) is 13.8. The number of amides is 1. The topological polar surface area (TPSA) is 59.8 Å². The molecule has 1 aliphatic rings. The summed E-state index contributed by atoms with van der Waals surface area (Å²) in [5, 5.41) is 7.08. The molecule has 1 amide bonds. The molecule has 106 valence electrons. The molecule has 0 saturated heterocycles. The van der Waals surface area contributed by atoms with Crippen LogP contribution in [0.25, 0.3) is 0 Å². The summed E-state index contributed by atoms with van der Waals surface area (Å²) in [5.74, 6) is 2.21. The molecule has 5 heteroatoms. The monoisotopic (exact) mass is 264 g/mol. The van der Waals surface area contributed by atoms with Gasteiger partial charge in [-0.2, -0.15) is 5.10 Å². The van der Waals surface area contributed by atoms with Crippen LogP contribution >= 0.6 is 0 Å². The van der Waals surface area contributed by atoms with Crippen molar-refractivity contribution in [1.29, 1.82) is 0 Å². The van der Waals surface area contributed by atoms with Gasteiger partial charge in [-0.15, -0.1) is 0 Å². The minimum Gasteiger partial charge on any atom is -0.349 e. The maximum atomic E-state index is 12.0. The van der Waals surface area contributed by atoms with Crippen molar-refractivity contribution < 1.29 is 4.79 Å². The van der Waals surface area contributed by atoms with Crippen LogP contribution in [0.15, 0.2) is 0 Å². The lowest BCUT2D eigenvalue weighted by molar-refractivity contribution is 0.0925. The third-order valence-electron chi connectivity index (χ3n) is 4.11. The molecule has 19 heavy (non-hydrogen) atoms. The first-order chi connectivity index (χ1) is 9.08. The number of aromatic nitrogens is 3. The van der Waals surface area contributed by atoms with E-state index in [4.69, 9.17) is 0 Å². The van der Waals surface area contributed by atoms with Crippen LogP contribution in [-0.4, -0.2) is 27.2 Å². The second kappa shape index (κ2) is 6.17. The van der Waals surface area contributed by atoms with Gasteiger partial charge in [0.2, 0.25) is 5.82 Å². The second-order valence-corrected chi connectivity index (χ2v) is 5.69. The van der Waals surface area contributed by atoms with Gasteiger partial charge in [0.05, 0.1) is 0 Å². The molecule has 0 spiro atoms. The van der Waals surface area contributed by atoms with Crippen molar-refractivity contribution in [2.24, 2.45) is 18.9 Å². The summed E-state index contributed by atoms with van der Waals surface area (Å²) < 4.78 is 1.54. The van der Waals surface area contributed by atoms with Crippen molar-refractivity contribution in [3.63, 3.8) is 0 Å². The van der Waals surface area contributed by atoms with Crippen LogP contribution in [0.2, 0.25) is 0 Å². The molecule has 1 aromatic heterocycles. The molecule has 0 aliphatic heterocycles. The maximum Gasteiger partial charge on any atom is 0.288 e. The maximum absolute atomic E-state index is 12.0. The zero-order valence-electron chi connectivity index (χ0n) is 12.1. The standard InChI is InChI=1S/C14H24N4O/c1-10(12-7-5-4-6-8-12)9-15-14(19)13-16-11(2)17-18(13)3/h10,12H,4-9H2,1-3H3,(H,15,19)/t10-/m0/s1. The van der Waals surface area contributed by atoms with Crippen molar-refractivity contribution in [3.8, 4) is 0 Å². The Hall–Kier alpha value is -1.39. The molecule has 1 heterocycles. The van der Waals surface area contributed by atoms with Gasteiger partial charge in [-0.3, -0.25) is 4.79 Å². The van der Waals surface area contributed by atoms with Gasteiger partial charge in [0, 0.05) is 13.6 Å². The van der Waals surface area contributed by atoms with Crippen molar-refractivity contribution in [1.82, 2.24) is 20.1 Å². The predicted octanol–water partition coefficient (Wildman–Crippen LogP) is 2.07. The molecule has 1 fully saturated rings. The smallest absolute Gasteiger partial charge is 0.288 e. The van der Waals surface area contributed by atoms with E-state index in [-0.39, 0.29) is 5.91 Å². The van der Waals surface area contributed by atoms with E-state index >= 15 is 0 Å². The fraction of sp³-hybridized carbons (Fsp3) is 0.786. The highest BCUT2D eigenvalue weighted by Gasteiger charge is 2.21. The highest BCUT2D eigenvalue weighted by Crippen LogP contribution is 2.29.